The zero-order valence-electron chi connectivity index (χ0n) is 15.1. The third-order valence-electron chi connectivity index (χ3n) is 4.68. The normalized spacial score (nSPS) is 18.2. The van der Waals surface area contributed by atoms with E-state index in [1.807, 2.05) is 55.4 Å². The maximum Gasteiger partial charge on any atom is 0.127 e. The molecule has 2 aromatic rings. The van der Waals surface area contributed by atoms with Crippen molar-refractivity contribution in [3.63, 3.8) is 0 Å². The van der Waals surface area contributed by atoms with Gasteiger partial charge in [0.1, 0.15) is 18.5 Å². The molecule has 0 bridgehead atoms. The molecule has 1 heterocycles. The first-order chi connectivity index (χ1) is 12.1. The van der Waals surface area contributed by atoms with Gasteiger partial charge in [0.05, 0.1) is 6.61 Å². The minimum absolute atomic E-state index is 0.0566. The standard InChI is InChI=1S/C20H27N3O2/c1-15(22(2)3)20-14-23(11-13-25-20)10-12-24-19-9-8-18(21)16-6-4-5-7-17(16)19/h4-9,20H,1,10-14,21H2,2-3H3. The highest BCUT2D eigenvalue weighted by Crippen LogP contribution is 2.29. The molecule has 0 saturated carbocycles. The van der Waals surface area contributed by atoms with Gasteiger partial charge in [-0.1, -0.05) is 30.8 Å². The van der Waals surface area contributed by atoms with Gasteiger partial charge in [-0.05, 0) is 12.1 Å². The highest BCUT2D eigenvalue weighted by atomic mass is 16.5. The van der Waals surface area contributed by atoms with Gasteiger partial charge in [0.2, 0.25) is 0 Å². The fraction of sp³-hybridized carbons (Fsp3) is 0.400. The molecule has 3 rings (SSSR count). The van der Waals surface area contributed by atoms with Crippen LogP contribution in [0.25, 0.3) is 10.8 Å². The Labute approximate surface area is 149 Å². The monoisotopic (exact) mass is 341 g/mol. The Morgan fingerprint density at radius 3 is 2.80 bits per heavy atom. The Balaban J connectivity index is 1.58. The summed E-state index contributed by atoms with van der Waals surface area (Å²) >= 11 is 0. The largest absolute Gasteiger partial charge is 0.492 e. The molecule has 0 aromatic heterocycles. The predicted molar refractivity (Wildman–Crippen MR) is 103 cm³/mol. The summed E-state index contributed by atoms with van der Waals surface area (Å²) in [5, 5.41) is 2.09. The topological polar surface area (TPSA) is 51.0 Å². The average molecular weight is 341 g/mol. The Kier molecular flexibility index (Phi) is 5.46. The third-order valence-corrected chi connectivity index (χ3v) is 4.68. The van der Waals surface area contributed by atoms with Crippen molar-refractivity contribution in [3.8, 4) is 5.75 Å². The smallest absolute Gasteiger partial charge is 0.127 e. The molecule has 134 valence electrons. The van der Waals surface area contributed by atoms with Crippen LogP contribution in [0.3, 0.4) is 0 Å². The van der Waals surface area contributed by atoms with Crippen LogP contribution in [-0.4, -0.2) is 62.8 Å². The number of nitrogens with zero attached hydrogens (tertiary/aromatic N) is 2. The highest BCUT2D eigenvalue weighted by molar-refractivity contribution is 5.96. The van der Waals surface area contributed by atoms with E-state index in [4.69, 9.17) is 15.2 Å². The van der Waals surface area contributed by atoms with Gasteiger partial charge in [-0.2, -0.15) is 0 Å². The second kappa shape index (κ2) is 7.76. The van der Waals surface area contributed by atoms with E-state index in [0.717, 1.165) is 54.1 Å². The number of benzene rings is 2. The van der Waals surface area contributed by atoms with Gasteiger partial charge >= 0.3 is 0 Å². The number of ether oxygens (including phenoxy) is 2. The molecule has 25 heavy (non-hydrogen) atoms. The predicted octanol–water partition coefficient (Wildman–Crippen LogP) is 2.58. The van der Waals surface area contributed by atoms with Crippen molar-refractivity contribution in [1.29, 1.82) is 0 Å². The van der Waals surface area contributed by atoms with Crippen LogP contribution in [0.4, 0.5) is 5.69 Å². The Morgan fingerprint density at radius 1 is 1.28 bits per heavy atom. The molecule has 1 atom stereocenters. The minimum Gasteiger partial charge on any atom is -0.492 e. The molecular weight excluding hydrogens is 314 g/mol. The quantitative estimate of drug-likeness (QED) is 0.819. The van der Waals surface area contributed by atoms with Gasteiger partial charge in [0, 0.05) is 55.9 Å². The van der Waals surface area contributed by atoms with Gasteiger partial charge in [0.25, 0.3) is 0 Å². The fourth-order valence-electron chi connectivity index (χ4n) is 3.10. The highest BCUT2D eigenvalue weighted by Gasteiger charge is 2.23. The third kappa shape index (κ3) is 4.06. The molecule has 1 saturated heterocycles. The SMILES string of the molecule is C=C(C1CN(CCOc2ccc(N)c3ccccc23)CCO1)N(C)C. The van der Waals surface area contributed by atoms with Crippen LogP contribution in [0.1, 0.15) is 0 Å². The van der Waals surface area contributed by atoms with Crippen molar-refractivity contribution in [3.05, 3.63) is 48.7 Å². The number of hydrogen-bond acceptors (Lipinski definition) is 5. The van der Waals surface area contributed by atoms with E-state index in [0.29, 0.717) is 6.61 Å². The maximum atomic E-state index is 6.05. The van der Waals surface area contributed by atoms with Gasteiger partial charge in [-0.25, -0.2) is 0 Å². The summed E-state index contributed by atoms with van der Waals surface area (Å²) in [5.41, 5.74) is 7.84. The molecule has 0 amide bonds. The number of morpholine rings is 1. The molecule has 0 radical (unpaired) electrons. The summed E-state index contributed by atoms with van der Waals surface area (Å²) in [6.07, 6.45) is 0.0566. The van der Waals surface area contributed by atoms with Gasteiger partial charge in [-0.15, -0.1) is 0 Å². The summed E-state index contributed by atoms with van der Waals surface area (Å²) in [5.74, 6) is 0.882. The number of rotatable bonds is 6. The lowest BCUT2D eigenvalue weighted by Gasteiger charge is -2.35. The molecule has 1 aliphatic rings. The second-order valence-electron chi connectivity index (χ2n) is 6.59. The molecule has 1 fully saturated rings. The summed E-state index contributed by atoms with van der Waals surface area (Å²) in [6, 6.07) is 11.9. The Morgan fingerprint density at radius 2 is 2.04 bits per heavy atom. The van der Waals surface area contributed by atoms with E-state index in [1.54, 1.807) is 0 Å². The molecule has 2 N–H and O–H groups in total. The summed E-state index contributed by atoms with van der Waals surface area (Å²) in [4.78, 5) is 4.38. The number of fused-ring (bicyclic) bond motifs is 1. The van der Waals surface area contributed by atoms with Crippen molar-refractivity contribution >= 4 is 16.5 Å². The van der Waals surface area contributed by atoms with E-state index in [9.17, 15) is 0 Å². The van der Waals surface area contributed by atoms with Crippen LogP contribution in [0.2, 0.25) is 0 Å². The lowest BCUT2D eigenvalue weighted by Crippen LogP contribution is -2.46. The van der Waals surface area contributed by atoms with Crippen LogP contribution in [0, 0.1) is 0 Å². The molecule has 1 aliphatic heterocycles. The maximum absolute atomic E-state index is 6.05. The van der Waals surface area contributed by atoms with Gasteiger partial charge in [-0.3, -0.25) is 4.90 Å². The summed E-state index contributed by atoms with van der Waals surface area (Å²) in [7, 11) is 4.00. The summed E-state index contributed by atoms with van der Waals surface area (Å²) in [6.45, 7) is 8.10. The summed E-state index contributed by atoms with van der Waals surface area (Å²) < 4.78 is 11.9. The lowest BCUT2D eigenvalue weighted by molar-refractivity contribution is -0.0215. The molecule has 2 aromatic carbocycles. The Bertz CT molecular complexity index is 745. The molecule has 5 nitrogen and oxygen atoms in total. The zero-order valence-corrected chi connectivity index (χ0v) is 15.1. The second-order valence-corrected chi connectivity index (χ2v) is 6.59. The molecule has 0 aliphatic carbocycles. The number of nitrogen functional groups attached to an aromatic ring is 1. The molecule has 1 unspecified atom stereocenters. The fourth-order valence-corrected chi connectivity index (χ4v) is 3.10. The van der Waals surface area contributed by atoms with Crippen molar-refractivity contribution in [1.82, 2.24) is 9.80 Å². The van der Waals surface area contributed by atoms with E-state index < -0.39 is 0 Å². The van der Waals surface area contributed by atoms with E-state index in [-0.39, 0.29) is 6.10 Å². The van der Waals surface area contributed by atoms with Crippen molar-refractivity contribution in [2.24, 2.45) is 0 Å². The first kappa shape index (κ1) is 17.6. The number of hydrogen-bond donors (Lipinski definition) is 1. The van der Waals surface area contributed by atoms with Crippen LogP contribution in [0.5, 0.6) is 5.75 Å². The van der Waals surface area contributed by atoms with Gasteiger partial charge in [0.15, 0.2) is 0 Å². The van der Waals surface area contributed by atoms with Crippen molar-refractivity contribution in [2.45, 2.75) is 6.10 Å². The minimum atomic E-state index is 0.0566. The van der Waals surface area contributed by atoms with Crippen LogP contribution in [-0.2, 0) is 4.74 Å². The van der Waals surface area contributed by atoms with Crippen LogP contribution < -0.4 is 10.5 Å². The Hall–Kier alpha value is -2.24. The zero-order chi connectivity index (χ0) is 17.8. The lowest BCUT2D eigenvalue weighted by atomic mass is 10.1. The first-order valence-corrected chi connectivity index (χ1v) is 8.66. The van der Waals surface area contributed by atoms with Crippen molar-refractivity contribution < 1.29 is 9.47 Å². The number of likely N-dealkylation sites (N-methyl/N-ethyl adjacent to an activating group) is 1. The van der Waals surface area contributed by atoms with E-state index >= 15 is 0 Å². The van der Waals surface area contributed by atoms with Gasteiger partial charge < -0.3 is 20.1 Å². The van der Waals surface area contributed by atoms with Crippen LogP contribution >= 0.6 is 0 Å². The molecule has 0 spiro atoms. The average Bonchev–Trinajstić information content (AvgIpc) is 2.63. The first-order valence-electron chi connectivity index (χ1n) is 8.66. The van der Waals surface area contributed by atoms with E-state index in [1.165, 1.54) is 0 Å². The molecular formula is C20H27N3O2. The molecule has 5 heteroatoms. The number of nitrogens with two attached hydrogens (primary N) is 1. The van der Waals surface area contributed by atoms with Crippen molar-refractivity contribution in [2.75, 3.05) is 52.7 Å². The number of anilines is 1. The van der Waals surface area contributed by atoms with E-state index in [2.05, 4.69) is 11.5 Å². The van der Waals surface area contributed by atoms with Crippen LogP contribution in [0.15, 0.2) is 48.7 Å².